The van der Waals surface area contributed by atoms with E-state index in [1.54, 1.807) is 23.4 Å². The van der Waals surface area contributed by atoms with Crippen LogP contribution in [-0.2, 0) is 9.59 Å². The van der Waals surface area contributed by atoms with Crippen molar-refractivity contribution in [1.82, 2.24) is 14.9 Å². The molecule has 2 aromatic heterocycles. The first-order valence-electron chi connectivity index (χ1n) is 7.93. The minimum absolute atomic E-state index is 0.0770. The smallest absolute Gasteiger partial charge is 0.241 e. The molecule has 3 N–H and O–H groups in total. The number of hydrogen-bond donors (Lipinski definition) is 2. The number of nitrogens with one attached hydrogen (secondary N) is 1. The quantitative estimate of drug-likeness (QED) is 0.792. The molecule has 1 saturated heterocycles. The molecule has 0 aliphatic carbocycles. The van der Waals surface area contributed by atoms with Crippen molar-refractivity contribution in [3.63, 3.8) is 0 Å². The number of piperazine rings is 1. The number of aromatic amines is 1. The second kappa shape index (κ2) is 7.05. The van der Waals surface area contributed by atoms with E-state index in [-0.39, 0.29) is 12.3 Å². The van der Waals surface area contributed by atoms with E-state index in [9.17, 15) is 9.59 Å². The van der Waals surface area contributed by atoms with Crippen molar-refractivity contribution in [2.75, 3.05) is 31.1 Å². The van der Waals surface area contributed by atoms with Gasteiger partial charge in [-0.05, 0) is 12.1 Å². The van der Waals surface area contributed by atoms with Crippen molar-refractivity contribution in [3.8, 4) is 6.07 Å². The number of primary amides is 1. The average molecular weight is 338 g/mol. The number of fused-ring (bicyclic) bond motifs is 1. The van der Waals surface area contributed by atoms with Gasteiger partial charge in [-0.2, -0.15) is 5.26 Å². The highest BCUT2D eigenvalue weighted by atomic mass is 16.2. The van der Waals surface area contributed by atoms with Gasteiger partial charge in [0.15, 0.2) is 0 Å². The predicted molar refractivity (Wildman–Crippen MR) is 93.3 cm³/mol. The minimum Gasteiger partial charge on any atom is -0.367 e. The number of rotatable bonds is 4. The number of carbonyl (C=O) groups excluding carboxylic acids is 2. The van der Waals surface area contributed by atoms with Gasteiger partial charge in [-0.25, -0.2) is 4.98 Å². The van der Waals surface area contributed by atoms with Gasteiger partial charge in [-0.3, -0.25) is 9.59 Å². The molecule has 0 saturated carbocycles. The fraction of sp³-hybridized carbons (Fsp3) is 0.294. The molecular formula is C17H18N6O2. The second-order valence-corrected chi connectivity index (χ2v) is 5.77. The van der Waals surface area contributed by atoms with Crippen LogP contribution in [0.15, 0.2) is 24.5 Å². The lowest BCUT2D eigenvalue weighted by molar-refractivity contribution is -0.130. The van der Waals surface area contributed by atoms with Crippen LogP contribution in [0.2, 0.25) is 0 Å². The number of nitrogens with two attached hydrogens (primary N) is 1. The predicted octanol–water partition coefficient (Wildman–Crippen LogP) is 0.624. The Kier molecular flexibility index (Phi) is 4.66. The van der Waals surface area contributed by atoms with Crippen molar-refractivity contribution in [3.05, 3.63) is 30.1 Å². The number of pyridine rings is 1. The molecule has 8 nitrogen and oxygen atoms in total. The SMILES string of the molecule is N#CCC(=O)N1CCN(c2cnc3[nH]cc(C=CC(N)=O)c3c2)CC1. The molecule has 0 unspecified atom stereocenters. The summed E-state index contributed by atoms with van der Waals surface area (Å²) in [5, 5.41) is 9.53. The highest BCUT2D eigenvalue weighted by Crippen LogP contribution is 2.24. The molecule has 0 radical (unpaired) electrons. The Labute approximate surface area is 144 Å². The summed E-state index contributed by atoms with van der Waals surface area (Å²) in [6.45, 7) is 2.53. The number of anilines is 1. The first kappa shape index (κ1) is 16.5. The van der Waals surface area contributed by atoms with E-state index in [0.717, 1.165) is 22.3 Å². The topological polar surface area (TPSA) is 119 Å². The maximum atomic E-state index is 11.8. The van der Waals surface area contributed by atoms with E-state index < -0.39 is 5.91 Å². The van der Waals surface area contributed by atoms with Gasteiger partial charge in [-0.1, -0.05) is 0 Å². The van der Waals surface area contributed by atoms with E-state index >= 15 is 0 Å². The van der Waals surface area contributed by atoms with Crippen LogP contribution in [0.3, 0.4) is 0 Å². The summed E-state index contributed by atoms with van der Waals surface area (Å²) in [6.07, 6.45) is 6.46. The van der Waals surface area contributed by atoms with Crippen LogP contribution in [0.5, 0.6) is 0 Å². The van der Waals surface area contributed by atoms with Crippen molar-refractivity contribution in [1.29, 1.82) is 5.26 Å². The molecule has 3 heterocycles. The number of H-pyrrole nitrogens is 1. The zero-order valence-corrected chi connectivity index (χ0v) is 13.6. The highest BCUT2D eigenvalue weighted by Gasteiger charge is 2.21. The fourth-order valence-electron chi connectivity index (χ4n) is 2.89. The molecule has 2 aromatic rings. The average Bonchev–Trinajstić information content (AvgIpc) is 3.02. The summed E-state index contributed by atoms with van der Waals surface area (Å²) in [7, 11) is 0. The van der Waals surface area contributed by atoms with Gasteiger partial charge in [0, 0.05) is 49.4 Å². The monoisotopic (exact) mass is 338 g/mol. The Balaban J connectivity index is 1.76. The Bertz CT molecular complexity index is 871. The van der Waals surface area contributed by atoms with Crippen LogP contribution >= 0.6 is 0 Å². The fourth-order valence-corrected chi connectivity index (χ4v) is 2.89. The first-order chi connectivity index (χ1) is 12.1. The molecule has 2 amide bonds. The first-order valence-corrected chi connectivity index (χ1v) is 7.93. The van der Waals surface area contributed by atoms with Crippen molar-refractivity contribution in [2.45, 2.75) is 6.42 Å². The van der Waals surface area contributed by atoms with E-state index in [1.165, 1.54) is 6.08 Å². The summed E-state index contributed by atoms with van der Waals surface area (Å²) in [6, 6.07) is 3.90. The molecule has 1 aliphatic rings. The molecule has 0 spiro atoms. The molecule has 1 aliphatic heterocycles. The number of hydrogen-bond acceptors (Lipinski definition) is 5. The van der Waals surface area contributed by atoms with Crippen molar-refractivity contribution in [2.24, 2.45) is 5.73 Å². The zero-order valence-electron chi connectivity index (χ0n) is 13.6. The summed E-state index contributed by atoms with van der Waals surface area (Å²) < 4.78 is 0. The van der Waals surface area contributed by atoms with Crippen LogP contribution in [0.1, 0.15) is 12.0 Å². The molecule has 3 rings (SSSR count). The minimum atomic E-state index is -0.503. The van der Waals surface area contributed by atoms with Gasteiger partial charge in [0.1, 0.15) is 12.1 Å². The lowest BCUT2D eigenvalue weighted by Gasteiger charge is -2.35. The third-order valence-electron chi connectivity index (χ3n) is 4.20. The number of nitrogens with zero attached hydrogens (tertiary/aromatic N) is 4. The van der Waals surface area contributed by atoms with Gasteiger partial charge in [0.05, 0.1) is 18.0 Å². The molecule has 0 bridgehead atoms. The summed E-state index contributed by atoms with van der Waals surface area (Å²) in [4.78, 5) is 34.0. The van der Waals surface area contributed by atoms with Crippen molar-refractivity contribution < 1.29 is 9.59 Å². The maximum absolute atomic E-state index is 11.8. The van der Waals surface area contributed by atoms with Crippen LogP contribution in [-0.4, -0.2) is 52.9 Å². The van der Waals surface area contributed by atoms with Crippen LogP contribution in [0.25, 0.3) is 17.1 Å². The maximum Gasteiger partial charge on any atom is 0.241 e. The highest BCUT2D eigenvalue weighted by molar-refractivity contribution is 5.95. The van der Waals surface area contributed by atoms with Crippen LogP contribution in [0, 0.1) is 11.3 Å². The number of nitriles is 1. The van der Waals surface area contributed by atoms with Gasteiger partial charge < -0.3 is 20.5 Å². The molecule has 25 heavy (non-hydrogen) atoms. The number of amides is 2. The summed E-state index contributed by atoms with van der Waals surface area (Å²) in [5.41, 5.74) is 7.67. The van der Waals surface area contributed by atoms with Crippen LogP contribution in [0.4, 0.5) is 5.69 Å². The Morgan fingerprint density at radius 2 is 2.12 bits per heavy atom. The molecule has 128 valence electrons. The molecular weight excluding hydrogens is 320 g/mol. The Morgan fingerprint density at radius 3 is 2.80 bits per heavy atom. The third kappa shape index (κ3) is 3.61. The van der Waals surface area contributed by atoms with E-state index in [4.69, 9.17) is 11.0 Å². The standard InChI is InChI=1S/C17H18N6O2/c18-4-3-16(25)23-7-5-22(6-8-23)13-9-14-12(1-2-15(19)24)10-20-17(14)21-11-13/h1-2,9-11H,3,5-8H2,(H2,19,24)(H,20,21). The molecule has 0 atom stereocenters. The van der Waals surface area contributed by atoms with E-state index in [2.05, 4.69) is 14.9 Å². The molecule has 1 fully saturated rings. The van der Waals surface area contributed by atoms with E-state index in [0.29, 0.717) is 26.2 Å². The summed E-state index contributed by atoms with van der Waals surface area (Å²) in [5.74, 6) is -0.628. The zero-order chi connectivity index (χ0) is 17.8. The largest absolute Gasteiger partial charge is 0.367 e. The Morgan fingerprint density at radius 1 is 1.36 bits per heavy atom. The molecule has 0 aromatic carbocycles. The van der Waals surface area contributed by atoms with Gasteiger partial charge in [-0.15, -0.1) is 0 Å². The lowest BCUT2D eigenvalue weighted by Crippen LogP contribution is -2.48. The van der Waals surface area contributed by atoms with E-state index in [1.807, 2.05) is 12.1 Å². The second-order valence-electron chi connectivity index (χ2n) is 5.77. The van der Waals surface area contributed by atoms with Gasteiger partial charge >= 0.3 is 0 Å². The van der Waals surface area contributed by atoms with Crippen molar-refractivity contribution >= 4 is 34.6 Å². The van der Waals surface area contributed by atoms with Gasteiger partial charge in [0.25, 0.3) is 0 Å². The Hall–Kier alpha value is -3.34. The normalized spacial score (nSPS) is 14.8. The summed E-state index contributed by atoms with van der Waals surface area (Å²) >= 11 is 0. The van der Waals surface area contributed by atoms with Crippen LogP contribution < -0.4 is 10.6 Å². The molecule has 8 heteroatoms. The lowest BCUT2D eigenvalue weighted by atomic mass is 10.2. The number of carbonyl (C=O) groups is 2. The number of aromatic nitrogens is 2. The third-order valence-corrected chi connectivity index (χ3v) is 4.20. The van der Waals surface area contributed by atoms with Gasteiger partial charge in [0.2, 0.25) is 11.8 Å².